The number of ether oxygens (including phenoxy) is 10. The van der Waals surface area contributed by atoms with Crippen molar-refractivity contribution in [2.75, 3.05) is 13.2 Å². The third kappa shape index (κ3) is 11.8. The second kappa shape index (κ2) is 20.0. The third-order valence-corrected chi connectivity index (χ3v) is 8.99. The van der Waals surface area contributed by atoms with E-state index in [1.165, 1.54) is 27.7 Å². The molecule has 1 aromatic rings. The molecule has 0 saturated carbocycles. The number of benzene rings is 1. The number of rotatable bonds is 15. The van der Waals surface area contributed by atoms with Gasteiger partial charge in [-0.2, -0.15) is 0 Å². The first-order chi connectivity index (χ1) is 25.0. The number of hydrogen-bond acceptors (Lipinski definition) is 15. The van der Waals surface area contributed by atoms with E-state index in [0.29, 0.717) is 12.2 Å². The molecular weight excluding hydrogens is 696 g/mol. The minimum Gasteiger partial charge on any atom is -0.458 e. The normalized spacial score (nSPS) is 28.5. The van der Waals surface area contributed by atoms with Crippen LogP contribution in [0.25, 0.3) is 0 Å². The lowest BCUT2D eigenvalue weighted by Crippen LogP contribution is -2.64. The molecule has 0 spiro atoms. The van der Waals surface area contributed by atoms with E-state index in [2.05, 4.69) is 0 Å². The zero-order chi connectivity index (χ0) is 39.6. The van der Waals surface area contributed by atoms with Gasteiger partial charge in [0.05, 0.1) is 18.8 Å². The maximum atomic E-state index is 12.8. The molecule has 298 valence electrons. The molecule has 0 aromatic heterocycles. The number of carbonyl (C=O) groups is 5. The van der Waals surface area contributed by atoms with Crippen LogP contribution in [0, 0.1) is 5.92 Å². The van der Waals surface area contributed by atoms with E-state index in [9.17, 15) is 24.0 Å². The van der Waals surface area contributed by atoms with Crippen molar-refractivity contribution in [2.24, 2.45) is 5.92 Å². The van der Waals surface area contributed by atoms with Gasteiger partial charge in [0, 0.05) is 33.6 Å². The highest BCUT2D eigenvalue weighted by Gasteiger charge is 2.55. The highest BCUT2D eigenvalue weighted by molar-refractivity contribution is 5.68. The average molecular weight is 753 g/mol. The van der Waals surface area contributed by atoms with Gasteiger partial charge in [0.2, 0.25) is 0 Å². The molecule has 1 aromatic carbocycles. The summed E-state index contributed by atoms with van der Waals surface area (Å²) in [5.74, 6) is -2.45. The Kier molecular flexibility index (Phi) is 16.5. The highest BCUT2D eigenvalue weighted by atomic mass is 16.8. The topological polar surface area (TPSA) is 178 Å². The van der Waals surface area contributed by atoms with Crippen LogP contribution in [-0.2, 0) is 61.8 Å². The maximum absolute atomic E-state index is 12.8. The molecule has 0 aliphatic carbocycles. The molecule has 15 heteroatoms. The number of para-hydroxylation sites is 1. The van der Waals surface area contributed by atoms with Crippen LogP contribution in [-0.4, -0.2) is 98.6 Å². The van der Waals surface area contributed by atoms with Crippen molar-refractivity contribution in [3.63, 3.8) is 0 Å². The standard InChI is InChI=1S/C38H56O15/c1-12-28-21(7)30(46-22(8)39)34(48-24(10)41)37(50-28)52-32-29(13-2)51-36(35(49-25(11)42)33(32)47-23(9)40)44-17-18-45-38(43)53-31-26(19(3)4)15-14-16-27(31)20(5)6/h14-16,19-21,28-30,32-37H,12-13,17-18H2,1-11H3/t21-,28-,29-,30+,32?,33+,34-,35-,36-,37-/m1/s1. The van der Waals surface area contributed by atoms with Gasteiger partial charge in [0.1, 0.15) is 24.6 Å². The first kappa shape index (κ1) is 43.6. The lowest BCUT2D eigenvalue weighted by atomic mass is 9.88. The molecule has 53 heavy (non-hydrogen) atoms. The minimum absolute atomic E-state index is 0.0927. The Morgan fingerprint density at radius 3 is 1.60 bits per heavy atom. The fraction of sp³-hybridized carbons (Fsp3) is 0.711. The van der Waals surface area contributed by atoms with Gasteiger partial charge >= 0.3 is 30.0 Å². The second-order valence-electron chi connectivity index (χ2n) is 13.8. The molecule has 0 radical (unpaired) electrons. The number of hydrogen-bond donors (Lipinski definition) is 0. The zero-order valence-electron chi connectivity index (χ0n) is 32.6. The summed E-state index contributed by atoms with van der Waals surface area (Å²) in [5.41, 5.74) is 1.73. The van der Waals surface area contributed by atoms with Crippen molar-refractivity contribution in [1.29, 1.82) is 0 Å². The fourth-order valence-electron chi connectivity index (χ4n) is 6.60. The molecule has 15 nitrogen and oxygen atoms in total. The fourth-order valence-corrected chi connectivity index (χ4v) is 6.60. The lowest BCUT2D eigenvalue weighted by Gasteiger charge is -2.49. The summed E-state index contributed by atoms with van der Waals surface area (Å²) in [4.78, 5) is 62.1. The molecule has 2 heterocycles. The van der Waals surface area contributed by atoms with Crippen LogP contribution >= 0.6 is 0 Å². The first-order valence-electron chi connectivity index (χ1n) is 18.2. The van der Waals surface area contributed by atoms with E-state index in [0.717, 1.165) is 11.1 Å². The van der Waals surface area contributed by atoms with E-state index in [1.54, 1.807) is 6.92 Å². The van der Waals surface area contributed by atoms with Crippen LogP contribution < -0.4 is 4.74 Å². The van der Waals surface area contributed by atoms with Crippen molar-refractivity contribution in [3.8, 4) is 5.75 Å². The molecule has 2 aliphatic rings. The Bertz CT molecular complexity index is 1380. The quantitative estimate of drug-likeness (QED) is 0.0951. The predicted octanol–water partition coefficient (Wildman–Crippen LogP) is 5.48. The van der Waals surface area contributed by atoms with Crippen molar-refractivity contribution >= 4 is 30.0 Å². The summed E-state index contributed by atoms with van der Waals surface area (Å²) in [6.45, 7) is 17.8. The van der Waals surface area contributed by atoms with Crippen LogP contribution in [0.15, 0.2) is 18.2 Å². The van der Waals surface area contributed by atoms with Crippen molar-refractivity contribution in [3.05, 3.63) is 29.3 Å². The van der Waals surface area contributed by atoms with Crippen LogP contribution in [0.4, 0.5) is 4.79 Å². The van der Waals surface area contributed by atoms with Crippen molar-refractivity contribution in [1.82, 2.24) is 0 Å². The van der Waals surface area contributed by atoms with E-state index in [1.807, 2.05) is 59.7 Å². The number of esters is 4. The third-order valence-electron chi connectivity index (χ3n) is 8.99. The Hall–Kier alpha value is -3.79. The van der Waals surface area contributed by atoms with E-state index >= 15 is 0 Å². The predicted molar refractivity (Wildman–Crippen MR) is 187 cm³/mol. The molecule has 0 bridgehead atoms. The molecule has 2 fully saturated rings. The smallest absolute Gasteiger partial charge is 0.458 e. The molecule has 3 rings (SSSR count). The molecule has 2 saturated heterocycles. The van der Waals surface area contributed by atoms with Crippen LogP contribution in [0.2, 0.25) is 0 Å². The average Bonchev–Trinajstić information content (AvgIpc) is 3.06. The molecule has 0 amide bonds. The van der Waals surface area contributed by atoms with Gasteiger partial charge in [-0.1, -0.05) is 66.7 Å². The second-order valence-corrected chi connectivity index (χ2v) is 13.8. The molecule has 10 atom stereocenters. The Morgan fingerprint density at radius 1 is 0.642 bits per heavy atom. The SMILES string of the molecule is CC[C@H]1O[C@@H](OCCOC(=O)Oc2c(C(C)C)cccc2C(C)C)[C@H](OC(C)=O)[C@@H](OC(C)=O)C1O[C@H]1O[C@H](CC)[C@@H](C)[C@H](OC(C)=O)[C@H]1OC(C)=O. The Balaban J connectivity index is 1.84. The van der Waals surface area contributed by atoms with E-state index in [4.69, 9.17) is 47.4 Å². The molecular formula is C38H56O15. The summed E-state index contributed by atoms with van der Waals surface area (Å²) >= 11 is 0. The summed E-state index contributed by atoms with van der Waals surface area (Å²) in [6.07, 6.45) is -10.0. The number of carbonyl (C=O) groups excluding carboxylic acids is 5. The van der Waals surface area contributed by atoms with Gasteiger partial charge in [-0.15, -0.1) is 0 Å². The van der Waals surface area contributed by atoms with Crippen LogP contribution in [0.3, 0.4) is 0 Å². The summed E-state index contributed by atoms with van der Waals surface area (Å²) in [7, 11) is 0. The molecule has 2 aliphatic heterocycles. The van der Waals surface area contributed by atoms with E-state index in [-0.39, 0.29) is 37.4 Å². The van der Waals surface area contributed by atoms with Gasteiger partial charge in [-0.05, 0) is 35.8 Å². The lowest BCUT2D eigenvalue weighted by molar-refractivity contribution is -0.354. The van der Waals surface area contributed by atoms with Crippen molar-refractivity contribution in [2.45, 2.75) is 156 Å². The summed E-state index contributed by atoms with van der Waals surface area (Å²) in [5, 5.41) is 0. The Labute approximate surface area is 311 Å². The monoisotopic (exact) mass is 752 g/mol. The largest absolute Gasteiger partial charge is 0.513 e. The van der Waals surface area contributed by atoms with Gasteiger partial charge in [0.25, 0.3) is 0 Å². The van der Waals surface area contributed by atoms with Crippen LogP contribution in [0.5, 0.6) is 5.75 Å². The summed E-state index contributed by atoms with van der Waals surface area (Å²) in [6, 6.07) is 5.72. The highest BCUT2D eigenvalue weighted by Crippen LogP contribution is 2.38. The maximum Gasteiger partial charge on any atom is 0.513 e. The van der Waals surface area contributed by atoms with E-state index < -0.39 is 85.3 Å². The summed E-state index contributed by atoms with van der Waals surface area (Å²) < 4.78 is 58.5. The van der Waals surface area contributed by atoms with Crippen molar-refractivity contribution < 1.29 is 71.3 Å². The Morgan fingerprint density at radius 2 is 1.11 bits per heavy atom. The first-order valence-corrected chi connectivity index (χ1v) is 18.2. The van der Waals surface area contributed by atoms with Gasteiger partial charge in [0.15, 0.2) is 30.9 Å². The minimum atomic E-state index is -1.36. The van der Waals surface area contributed by atoms with Gasteiger partial charge in [-0.25, -0.2) is 4.79 Å². The molecule has 0 N–H and O–H groups in total. The van der Waals surface area contributed by atoms with Gasteiger partial charge < -0.3 is 47.4 Å². The van der Waals surface area contributed by atoms with Gasteiger partial charge in [-0.3, -0.25) is 19.2 Å². The molecule has 1 unspecified atom stereocenters. The zero-order valence-corrected chi connectivity index (χ0v) is 32.6. The van der Waals surface area contributed by atoms with Crippen LogP contribution in [0.1, 0.15) is 112 Å².